The summed E-state index contributed by atoms with van der Waals surface area (Å²) in [6, 6.07) is 8.09. The number of nitrogens with one attached hydrogen (secondary N) is 4. The largest absolute Gasteiger partial charge is 0.467 e. The van der Waals surface area contributed by atoms with E-state index in [0.717, 1.165) is 34.9 Å². The van der Waals surface area contributed by atoms with Crippen LogP contribution >= 0.6 is 11.3 Å². The second-order valence-corrected chi connectivity index (χ2v) is 7.95. The van der Waals surface area contributed by atoms with E-state index in [1.165, 1.54) is 0 Å². The summed E-state index contributed by atoms with van der Waals surface area (Å²) in [4.78, 5) is 51.6. The first-order valence-electron chi connectivity index (χ1n) is 10.6. The molecule has 11 heteroatoms. The molecule has 0 bridgehead atoms. The van der Waals surface area contributed by atoms with Crippen LogP contribution in [0.2, 0.25) is 0 Å². The first-order chi connectivity index (χ1) is 16.3. The molecule has 0 saturated carbocycles. The number of benzene rings is 1. The highest BCUT2D eigenvalue weighted by Crippen LogP contribution is 2.23. The number of esters is 1. The molecule has 0 aliphatic carbocycles. The number of hydrogen-bond acceptors (Lipinski definition) is 6. The first-order valence-corrected chi connectivity index (χ1v) is 11.4. The summed E-state index contributed by atoms with van der Waals surface area (Å²) in [6.07, 6.45) is 0.492. The lowest BCUT2D eigenvalue weighted by atomic mass is 10.1. The lowest BCUT2D eigenvalue weighted by Gasteiger charge is -2.16. The van der Waals surface area contributed by atoms with Gasteiger partial charge in [0.2, 0.25) is 0 Å². The Kier molecular flexibility index (Phi) is 9.62. The molecule has 2 aromatic heterocycles. The standard InChI is InChI=1S/C21H22N4O6S.C2H6/c1-11-8-16(18(26)23-9-12-4-3-5-14-13(12)6-7-22-14)32-17(11)19(27)25-15(20(28)31-2)10-24-21(29)30;1-2/h3-8,15,22,24H,9-10H2,1-2H3,(H,23,26)(H,25,27)(H,29,30);1-2H3. The van der Waals surface area contributed by atoms with Gasteiger partial charge in [-0.2, -0.15) is 0 Å². The number of carbonyl (C=O) groups excluding carboxylic acids is 3. The van der Waals surface area contributed by atoms with Crippen molar-refractivity contribution in [2.45, 2.75) is 33.4 Å². The van der Waals surface area contributed by atoms with Crippen LogP contribution in [0.15, 0.2) is 36.5 Å². The third-order valence-electron chi connectivity index (χ3n) is 4.72. The molecule has 0 aliphatic heterocycles. The zero-order valence-corrected chi connectivity index (χ0v) is 20.2. The van der Waals surface area contributed by atoms with Crippen molar-refractivity contribution in [3.05, 3.63) is 57.4 Å². The highest BCUT2D eigenvalue weighted by molar-refractivity contribution is 7.16. The van der Waals surface area contributed by atoms with Gasteiger partial charge >= 0.3 is 12.1 Å². The zero-order chi connectivity index (χ0) is 25.3. The second-order valence-electron chi connectivity index (χ2n) is 6.90. The summed E-state index contributed by atoms with van der Waals surface area (Å²) in [5.74, 6) is -1.73. The van der Waals surface area contributed by atoms with Crippen LogP contribution in [0.1, 0.15) is 44.3 Å². The Balaban J connectivity index is 0.00000199. The van der Waals surface area contributed by atoms with Gasteiger partial charge in [0.1, 0.15) is 6.04 Å². The molecule has 0 fully saturated rings. The van der Waals surface area contributed by atoms with Gasteiger partial charge in [0.25, 0.3) is 11.8 Å². The number of hydrogen-bond donors (Lipinski definition) is 5. The Labute approximate surface area is 200 Å². The van der Waals surface area contributed by atoms with Gasteiger partial charge in [-0.1, -0.05) is 26.0 Å². The quantitative estimate of drug-likeness (QED) is 0.308. The van der Waals surface area contributed by atoms with Crippen molar-refractivity contribution in [1.29, 1.82) is 0 Å². The van der Waals surface area contributed by atoms with Crippen molar-refractivity contribution >= 4 is 46.1 Å². The van der Waals surface area contributed by atoms with Gasteiger partial charge in [0.05, 0.1) is 23.4 Å². The Morgan fingerprint density at radius 2 is 1.85 bits per heavy atom. The van der Waals surface area contributed by atoms with E-state index in [2.05, 4.69) is 20.4 Å². The molecule has 1 aromatic carbocycles. The zero-order valence-electron chi connectivity index (χ0n) is 19.4. The van der Waals surface area contributed by atoms with Crippen molar-refractivity contribution in [1.82, 2.24) is 20.9 Å². The maximum absolute atomic E-state index is 12.7. The van der Waals surface area contributed by atoms with Crippen LogP contribution < -0.4 is 16.0 Å². The van der Waals surface area contributed by atoms with Crippen molar-refractivity contribution in [3.63, 3.8) is 0 Å². The van der Waals surface area contributed by atoms with Gasteiger partial charge in [-0.25, -0.2) is 9.59 Å². The molecule has 10 nitrogen and oxygen atoms in total. The molecule has 3 amide bonds. The van der Waals surface area contributed by atoms with E-state index >= 15 is 0 Å². The fourth-order valence-electron chi connectivity index (χ4n) is 3.14. The molecule has 3 rings (SSSR count). The maximum Gasteiger partial charge on any atom is 0.404 e. The Morgan fingerprint density at radius 3 is 2.53 bits per heavy atom. The number of ether oxygens (including phenoxy) is 1. The van der Waals surface area contributed by atoms with Gasteiger partial charge in [-0.3, -0.25) is 9.59 Å². The smallest absolute Gasteiger partial charge is 0.404 e. The van der Waals surface area contributed by atoms with Crippen molar-refractivity contribution in [2.75, 3.05) is 13.7 Å². The minimum atomic E-state index is -1.34. The number of thiophene rings is 1. The molecule has 182 valence electrons. The number of H-pyrrole nitrogens is 1. The van der Waals surface area contributed by atoms with Gasteiger partial charge < -0.3 is 30.8 Å². The Morgan fingerprint density at radius 1 is 1.12 bits per heavy atom. The minimum Gasteiger partial charge on any atom is -0.467 e. The fourth-order valence-corrected chi connectivity index (χ4v) is 4.13. The van der Waals surface area contributed by atoms with Crippen LogP contribution in [0.3, 0.4) is 0 Å². The fraction of sp³-hybridized carbons (Fsp3) is 0.304. The average molecular weight is 489 g/mol. The molecular weight excluding hydrogens is 460 g/mol. The predicted molar refractivity (Wildman–Crippen MR) is 129 cm³/mol. The molecule has 0 saturated heterocycles. The SMILES string of the molecule is CC.COC(=O)C(CNC(=O)O)NC(=O)c1sc(C(=O)NCc2cccc3[nH]ccc23)cc1C. The predicted octanol–water partition coefficient (Wildman–Crippen LogP) is 3.03. The summed E-state index contributed by atoms with van der Waals surface area (Å²) < 4.78 is 4.60. The number of methoxy groups -OCH3 is 1. The maximum atomic E-state index is 12.7. The van der Waals surface area contributed by atoms with E-state index in [4.69, 9.17) is 5.11 Å². The molecular formula is C23H28N4O6S. The van der Waals surface area contributed by atoms with Crippen LogP contribution in [0.4, 0.5) is 4.79 Å². The summed E-state index contributed by atoms with van der Waals surface area (Å²) in [5, 5.41) is 17.1. The van der Waals surface area contributed by atoms with Crippen LogP contribution in [-0.2, 0) is 16.1 Å². The van der Waals surface area contributed by atoms with Gasteiger partial charge in [-0.15, -0.1) is 11.3 Å². The molecule has 0 spiro atoms. The van der Waals surface area contributed by atoms with Crippen molar-refractivity contribution in [3.8, 4) is 0 Å². The third-order valence-corrected chi connectivity index (χ3v) is 5.96. The number of carbonyl (C=O) groups is 4. The first kappa shape index (κ1) is 26.4. The molecule has 1 unspecified atom stereocenters. The molecule has 1 atom stereocenters. The number of aryl methyl sites for hydroxylation is 1. The monoisotopic (exact) mass is 488 g/mol. The number of aromatic amines is 1. The normalized spacial score (nSPS) is 11.1. The molecule has 0 aliphatic rings. The van der Waals surface area contributed by atoms with E-state index in [9.17, 15) is 19.2 Å². The lowest BCUT2D eigenvalue weighted by molar-refractivity contribution is -0.142. The minimum absolute atomic E-state index is 0.243. The molecule has 5 N–H and O–H groups in total. The van der Waals surface area contributed by atoms with E-state index < -0.39 is 24.0 Å². The average Bonchev–Trinajstić information content (AvgIpc) is 3.47. The number of rotatable bonds is 8. The molecule has 2 heterocycles. The lowest BCUT2D eigenvalue weighted by Crippen LogP contribution is -2.48. The highest BCUT2D eigenvalue weighted by Gasteiger charge is 2.25. The summed E-state index contributed by atoms with van der Waals surface area (Å²) in [7, 11) is 1.13. The number of carboxylic acid groups (broad SMARTS) is 1. The van der Waals surface area contributed by atoms with E-state index in [-0.39, 0.29) is 17.3 Å². The molecule has 34 heavy (non-hydrogen) atoms. The molecule has 0 radical (unpaired) electrons. The van der Waals surface area contributed by atoms with E-state index in [1.807, 2.05) is 49.6 Å². The molecule has 3 aromatic rings. The number of aromatic nitrogens is 1. The van der Waals surface area contributed by atoms with Crippen LogP contribution in [0.25, 0.3) is 10.9 Å². The second kappa shape index (κ2) is 12.4. The van der Waals surface area contributed by atoms with Crippen LogP contribution in [0.5, 0.6) is 0 Å². The van der Waals surface area contributed by atoms with Crippen LogP contribution in [0, 0.1) is 6.92 Å². The highest BCUT2D eigenvalue weighted by atomic mass is 32.1. The van der Waals surface area contributed by atoms with E-state index in [0.29, 0.717) is 17.0 Å². The van der Waals surface area contributed by atoms with Gasteiger partial charge in [0, 0.05) is 23.6 Å². The number of fused-ring (bicyclic) bond motifs is 1. The topological polar surface area (TPSA) is 150 Å². The third kappa shape index (κ3) is 6.58. The van der Waals surface area contributed by atoms with E-state index in [1.54, 1.807) is 13.0 Å². The van der Waals surface area contributed by atoms with Gasteiger partial charge in [-0.05, 0) is 36.2 Å². The summed E-state index contributed by atoms with van der Waals surface area (Å²) in [5.41, 5.74) is 2.48. The van der Waals surface area contributed by atoms with Crippen LogP contribution in [-0.4, -0.2) is 53.7 Å². The summed E-state index contributed by atoms with van der Waals surface area (Å²) >= 11 is 0.983. The summed E-state index contributed by atoms with van der Waals surface area (Å²) in [6.45, 7) is 5.64. The Hall–Kier alpha value is -3.86. The number of amides is 3. The Bertz CT molecular complexity index is 1170. The van der Waals surface area contributed by atoms with Gasteiger partial charge in [0.15, 0.2) is 0 Å². The van der Waals surface area contributed by atoms with Crippen molar-refractivity contribution in [2.24, 2.45) is 0 Å². The van der Waals surface area contributed by atoms with Crippen molar-refractivity contribution < 1.29 is 29.0 Å².